The van der Waals surface area contributed by atoms with Crippen molar-refractivity contribution in [2.45, 2.75) is 25.8 Å². The van der Waals surface area contributed by atoms with Crippen LogP contribution in [0, 0.1) is 12.8 Å². The van der Waals surface area contributed by atoms with Crippen LogP contribution in [-0.4, -0.2) is 26.3 Å². The molecule has 5 heteroatoms. The third-order valence-corrected chi connectivity index (χ3v) is 4.56. The SMILES string of the molecule is Cc1nn(C2CC(CN)C2)cc1-c1cnc2ccccc2n1. The van der Waals surface area contributed by atoms with Crippen LogP contribution in [0.5, 0.6) is 0 Å². The summed E-state index contributed by atoms with van der Waals surface area (Å²) >= 11 is 0. The predicted molar refractivity (Wildman–Crippen MR) is 86.3 cm³/mol. The molecule has 0 saturated heterocycles. The van der Waals surface area contributed by atoms with Crippen LogP contribution in [0.3, 0.4) is 0 Å². The Labute approximate surface area is 129 Å². The lowest BCUT2D eigenvalue weighted by Gasteiger charge is -2.34. The second-order valence-corrected chi connectivity index (χ2v) is 6.08. The molecule has 2 N–H and O–H groups in total. The Balaban J connectivity index is 1.68. The maximum absolute atomic E-state index is 5.71. The van der Waals surface area contributed by atoms with Crippen LogP contribution >= 0.6 is 0 Å². The third kappa shape index (κ3) is 2.18. The van der Waals surface area contributed by atoms with Crippen molar-refractivity contribution in [3.05, 3.63) is 42.4 Å². The van der Waals surface area contributed by atoms with Gasteiger partial charge in [0.1, 0.15) is 0 Å². The Hall–Kier alpha value is -2.27. The Bertz CT molecular complexity index is 817. The molecule has 2 aromatic heterocycles. The Morgan fingerprint density at radius 2 is 2.00 bits per heavy atom. The number of hydrogen-bond donors (Lipinski definition) is 1. The van der Waals surface area contributed by atoms with Crippen molar-refractivity contribution < 1.29 is 0 Å². The molecule has 2 heterocycles. The summed E-state index contributed by atoms with van der Waals surface area (Å²) in [5.74, 6) is 0.651. The topological polar surface area (TPSA) is 69.6 Å². The van der Waals surface area contributed by atoms with E-state index in [2.05, 4.69) is 21.0 Å². The van der Waals surface area contributed by atoms with Crippen LogP contribution in [0.15, 0.2) is 36.7 Å². The van der Waals surface area contributed by atoms with Gasteiger partial charge in [-0.25, -0.2) is 4.98 Å². The quantitative estimate of drug-likeness (QED) is 0.806. The molecule has 0 amide bonds. The van der Waals surface area contributed by atoms with Crippen LogP contribution in [-0.2, 0) is 0 Å². The zero-order chi connectivity index (χ0) is 15.1. The molecule has 0 aliphatic heterocycles. The Morgan fingerprint density at radius 3 is 2.77 bits per heavy atom. The average Bonchev–Trinajstić information content (AvgIpc) is 2.87. The van der Waals surface area contributed by atoms with Gasteiger partial charge in [0, 0.05) is 11.8 Å². The molecule has 1 aliphatic carbocycles. The molecule has 0 spiro atoms. The number of nitrogens with two attached hydrogens (primary N) is 1. The minimum absolute atomic E-state index is 0.481. The molecule has 1 saturated carbocycles. The number of aromatic nitrogens is 4. The van der Waals surface area contributed by atoms with Crippen molar-refractivity contribution in [1.29, 1.82) is 0 Å². The minimum atomic E-state index is 0.481. The average molecular weight is 293 g/mol. The maximum Gasteiger partial charge on any atom is 0.0927 e. The second-order valence-electron chi connectivity index (χ2n) is 6.08. The van der Waals surface area contributed by atoms with Crippen molar-refractivity contribution in [2.75, 3.05) is 6.54 Å². The molecule has 22 heavy (non-hydrogen) atoms. The standard InChI is InChI=1S/C17H19N5/c1-11-14(10-22(21-11)13-6-12(7-13)8-18)17-9-19-15-4-2-3-5-16(15)20-17/h2-5,9-10,12-13H,6-8,18H2,1H3. The summed E-state index contributed by atoms with van der Waals surface area (Å²) in [6.45, 7) is 2.81. The maximum atomic E-state index is 5.71. The van der Waals surface area contributed by atoms with Crippen molar-refractivity contribution in [3.63, 3.8) is 0 Å². The van der Waals surface area contributed by atoms with Gasteiger partial charge >= 0.3 is 0 Å². The number of benzene rings is 1. The first kappa shape index (κ1) is 13.4. The summed E-state index contributed by atoms with van der Waals surface area (Å²) in [6.07, 6.45) is 6.19. The molecule has 0 bridgehead atoms. The lowest BCUT2D eigenvalue weighted by atomic mass is 9.80. The van der Waals surface area contributed by atoms with Gasteiger partial charge < -0.3 is 5.73 Å². The normalized spacial score (nSPS) is 21.0. The van der Waals surface area contributed by atoms with Gasteiger partial charge in [0.15, 0.2) is 0 Å². The molecule has 5 nitrogen and oxygen atoms in total. The van der Waals surface area contributed by atoms with Gasteiger partial charge in [-0.1, -0.05) is 12.1 Å². The van der Waals surface area contributed by atoms with Crippen molar-refractivity contribution in [2.24, 2.45) is 11.7 Å². The molecule has 0 atom stereocenters. The molecular weight excluding hydrogens is 274 g/mol. The van der Waals surface area contributed by atoms with Gasteiger partial charge in [0.25, 0.3) is 0 Å². The second kappa shape index (κ2) is 5.18. The first-order chi connectivity index (χ1) is 10.7. The molecule has 1 aromatic carbocycles. The fourth-order valence-corrected chi connectivity index (χ4v) is 3.12. The molecule has 1 aliphatic rings. The minimum Gasteiger partial charge on any atom is -0.330 e. The van der Waals surface area contributed by atoms with E-state index in [1.807, 2.05) is 37.4 Å². The molecular formula is C17H19N5. The first-order valence-corrected chi connectivity index (χ1v) is 7.72. The van der Waals surface area contributed by atoms with Gasteiger partial charge in [-0.15, -0.1) is 0 Å². The fraction of sp³-hybridized carbons (Fsp3) is 0.353. The Morgan fingerprint density at radius 1 is 1.23 bits per heavy atom. The predicted octanol–water partition coefficient (Wildman–Crippen LogP) is 2.71. The van der Waals surface area contributed by atoms with Crippen molar-refractivity contribution in [3.8, 4) is 11.3 Å². The number of hydrogen-bond acceptors (Lipinski definition) is 4. The molecule has 4 rings (SSSR count). The van der Waals surface area contributed by atoms with E-state index in [0.717, 1.165) is 47.4 Å². The number of aryl methyl sites for hydroxylation is 1. The monoisotopic (exact) mass is 293 g/mol. The molecule has 3 aromatic rings. The Kier molecular flexibility index (Phi) is 3.15. The van der Waals surface area contributed by atoms with E-state index in [1.54, 1.807) is 0 Å². The number of para-hydroxylation sites is 2. The van der Waals surface area contributed by atoms with E-state index in [0.29, 0.717) is 12.0 Å². The highest BCUT2D eigenvalue weighted by Crippen LogP contribution is 2.37. The molecule has 0 unspecified atom stereocenters. The van der Waals surface area contributed by atoms with Crippen LogP contribution in [0.4, 0.5) is 0 Å². The number of rotatable bonds is 3. The van der Waals surface area contributed by atoms with E-state index in [4.69, 9.17) is 10.7 Å². The van der Waals surface area contributed by atoms with Gasteiger partial charge in [-0.05, 0) is 44.4 Å². The van der Waals surface area contributed by atoms with Gasteiger partial charge in [0.05, 0.1) is 34.7 Å². The fourth-order valence-electron chi connectivity index (χ4n) is 3.12. The zero-order valence-electron chi connectivity index (χ0n) is 12.6. The van der Waals surface area contributed by atoms with Crippen molar-refractivity contribution in [1.82, 2.24) is 19.7 Å². The summed E-state index contributed by atoms with van der Waals surface area (Å²) < 4.78 is 2.08. The van der Waals surface area contributed by atoms with Crippen LogP contribution in [0.1, 0.15) is 24.6 Å². The molecule has 1 fully saturated rings. The number of nitrogens with zero attached hydrogens (tertiary/aromatic N) is 4. The molecule has 0 radical (unpaired) electrons. The highest BCUT2D eigenvalue weighted by Gasteiger charge is 2.30. The summed E-state index contributed by atoms with van der Waals surface area (Å²) in [6, 6.07) is 8.41. The highest BCUT2D eigenvalue weighted by atomic mass is 15.3. The van der Waals surface area contributed by atoms with Gasteiger partial charge in [-0.2, -0.15) is 5.10 Å². The first-order valence-electron chi connectivity index (χ1n) is 7.72. The number of fused-ring (bicyclic) bond motifs is 1. The van der Waals surface area contributed by atoms with Crippen LogP contribution in [0.2, 0.25) is 0 Å². The third-order valence-electron chi connectivity index (χ3n) is 4.56. The van der Waals surface area contributed by atoms with Gasteiger partial charge in [0.2, 0.25) is 0 Å². The smallest absolute Gasteiger partial charge is 0.0927 e. The highest BCUT2D eigenvalue weighted by molar-refractivity contribution is 5.77. The summed E-state index contributed by atoms with van der Waals surface area (Å²) in [5, 5.41) is 4.67. The summed E-state index contributed by atoms with van der Waals surface area (Å²) in [4.78, 5) is 9.21. The molecule has 112 valence electrons. The van der Waals surface area contributed by atoms with Gasteiger partial charge in [-0.3, -0.25) is 9.67 Å². The largest absolute Gasteiger partial charge is 0.330 e. The summed E-state index contributed by atoms with van der Waals surface area (Å²) in [7, 11) is 0. The van der Waals surface area contributed by atoms with E-state index >= 15 is 0 Å². The summed E-state index contributed by atoms with van der Waals surface area (Å²) in [5.41, 5.74) is 10.5. The zero-order valence-corrected chi connectivity index (χ0v) is 12.6. The lowest BCUT2D eigenvalue weighted by molar-refractivity contribution is 0.189. The van der Waals surface area contributed by atoms with E-state index in [1.165, 1.54) is 0 Å². The van der Waals surface area contributed by atoms with Crippen molar-refractivity contribution >= 4 is 11.0 Å². The van der Waals surface area contributed by atoms with E-state index in [-0.39, 0.29) is 0 Å². The van der Waals surface area contributed by atoms with E-state index in [9.17, 15) is 0 Å². The lowest BCUT2D eigenvalue weighted by Crippen LogP contribution is -2.32. The van der Waals surface area contributed by atoms with Crippen LogP contribution < -0.4 is 5.73 Å². The van der Waals surface area contributed by atoms with E-state index < -0.39 is 0 Å². The van der Waals surface area contributed by atoms with Crippen LogP contribution in [0.25, 0.3) is 22.3 Å².